The smallest absolute Gasteiger partial charge is 0.225 e. The molecule has 160 valence electrons. The van der Waals surface area contributed by atoms with Gasteiger partial charge in [-0.3, -0.25) is 4.79 Å². The molecule has 1 aliphatic rings. The van der Waals surface area contributed by atoms with E-state index in [4.69, 9.17) is 0 Å². The standard InChI is InChI=1S/C24H26N4O2S/c1-25-24-27-22(16-31-24)20-8-3-7-19(12-20)18-6-2-5-17(11-18)13-26-23(30)21-14-28(15-21)9-4-10-29/h2-3,5-8,10-12,16,21H,4,9,13-15H2,1H3,(H,25,27)(H,26,30). The Morgan fingerprint density at radius 2 is 1.90 bits per heavy atom. The summed E-state index contributed by atoms with van der Waals surface area (Å²) in [5.41, 5.74) is 5.34. The van der Waals surface area contributed by atoms with Crippen LogP contribution < -0.4 is 10.6 Å². The van der Waals surface area contributed by atoms with Crippen LogP contribution in [0.4, 0.5) is 5.13 Å². The van der Waals surface area contributed by atoms with E-state index in [0.29, 0.717) is 13.0 Å². The normalized spacial score (nSPS) is 14.1. The monoisotopic (exact) mass is 434 g/mol. The van der Waals surface area contributed by atoms with Crippen molar-refractivity contribution in [3.05, 3.63) is 59.5 Å². The first-order chi connectivity index (χ1) is 15.2. The predicted octanol–water partition coefficient (Wildman–Crippen LogP) is 3.66. The van der Waals surface area contributed by atoms with Crippen LogP contribution in [0.2, 0.25) is 0 Å². The molecule has 3 aromatic rings. The minimum Gasteiger partial charge on any atom is -0.365 e. The maximum Gasteiger partial charge on any atom is 0.225 e. The number of nitrogens with one attached hydrogen (secondary N) is 2. The highest BCUT2D eigenvalue weighted by Crippen LogP contribution is 2.29. The molecular weight excluding hydrogens is 408 g/mol. The lowest BCUT2D eigenvalue weighted by Crippen LogP contribution is -2.53. The average Bonchev–Trinajstić information content (AvgIpc) is 3.26. The van der Waals surface area contributed by atoms with Gasteiger partial charge < -0.3 is 20.3 Å². The molecule has 0 atom stereocenters. The zero-order valence-corrected chi connectivity index (χ0v) is 18.3. The predicted molar refractivity (Wildman–Crippen MR) is 125 cm³/mol. The molecule has 31 heavy (non-hydrogen) atoms. The Kier molecular flexibility index (Phi) is 6.74. The largest absolute Gasteiger partial charge is 0.365 e. The first kappa shape index (κ1) is 21.2. The highest BCUT2D eigenvalue weighted by atomic mass is 32.1. The fourth-order valence-corrected chi connectivity index (χ4v) is 4.41. The molecule has 1 aromatic heterocycles. The number of carbonyl (C=O) groups is 2. The molecule has 7 heteroatoms. The third kappa shape index (κ3) is 5.18. The summed E-state index contributed by atoms with van der Waals surface area (Å²) in [5, 5.41) is 9.08. The lowest BCUT2D eigenvalue weighted by molar-refractivity contribution is -0.130. The summed E-state index contributed by atoms with van der Waals surface area (Å²) in [6, 6.07) is 16.6. The van der Waals surface area contributed by atoms with Crippen molar-refractivity contribution in [3.63, 3.8) is 0 Å². The lowest BCUT2D eigenvalue weighted by atomic mass is 9.98. The van der Waals surface area contributed by atoms with E-state index < -0.39 is 0 Å². The number of hydrogen-bond acceptors (Lipinski definition) is 6. The molecule has 1 fully saturated rings. The van der Waals surface area contributed by atoms with Crippen LogP contribution >= 0.6 is 11.3 Å². The zero-order chi connectivity index (χ0) is 21.6. The summed E-state index contributed by atoms with van der Waals surface area (Å²) in [6.07, 6.45) is 1.45. The molecule has 6 nitrogen and oxygen atoms in total. The quantitative estimate of drug-likeness (QED) is 0.503. The molecule has 4 rings (SSSR count). The minimum atomic E-state index is 0.0205. The van der Waals surface area contributed by atoms with E-state index in [1.807, 2.05) is 25.2 Å². The Hall–Kier alpha value is -3.03. The van der Waals surface area contributed by atoms with Crippen molar-refractivity contribution in [2.75, 3.05) is 32.0 Å². The highest BCUT2D eigenvalue weighted by Gasteiger charge is 2.31. The summed E-state index contributed by atoms with van der Waals surface area (Å²) < 4.78 is 0. The van der Waals surface area contributed by atoms with Gasteiger partial charge in [0.05, 0.1) is 11.6 Å². The lowest BCUT2D eigenvalue weighted by Gasteiger charge is -2.37. The second-order valence-corrected chi connectivity index (χ2v) is 8.56. The van der Waals surface area contributed by atoms with E-state index in [1.54, 1.807) is 11.3 Å². The second kappa shape index (κ2) is 9.85. The number of anilines is 1. The number of aldehydes is 1. The first-order valence-electron chi connectivity index (χ1n) is 10.4. The Balaban J connectivity index is 1.38. The van der Waals surface area contributed by atoms with Crippen LogP contribution in [0.5, 0.6) is 0 Å². The molecule has 1 aliphatic heterocycles. The molecule has 1 saturated heterocycles. The maximum atomic E-state index is 12.4. The van der Waals surface area contributed by atoms with Gasteiger partial charge in [-0.15, -0.1) is 11.3 Å². The number of likely N-dealkylation sites (tertiary alicyclic amines) is 1. The van der Waals surface area contributed by atoms with Crippen molar-refractivity contribution >= 4 is 28.7 Å². The Labute approximate surface area is 186 Å². The Bertz CT molecular complexity index is 1060. The minimum absolute atomic E-state index is 0.0205. The van der Waals surface area contributed by atoms with Gasteiger partial charge in [0.2, 0.25) is 5.91 Å². The van der Waals surface area contributed by atoms with Gasteiger partial charge in [-0.2, -0.15) is 0 Å². The van der Waals surface area contributed by atoms with Crippen molar-refractivity contribution in [2.24, 2.45) is 5.92 Å². The fraction of sp³-hybridized carbons (Fsp3) is 0.292. The van der Waals surface area contributed by atoms with Gasteiger partial charge in [0, 0.05) is 50.6 Å². The van der Waals surface area contributed by atoms with Gasteiger partial charge in [-0.1, -0.05) is 36.4 Å². The van der Waals surface area contributed by atoms with Crippen LogP contribution in [0, 0.1) is 5.92 Å². The van der Waals surface area contributed by atoms with Crippen molar-refractivity contribution in [2.45, 2.75) is 13.0 Å². The van der Waals surface area contributed by atoms with Gasteiger partial charge in [-0.25, -0.2) is 4.98 Å². The van der Waals surface area contributed by atoms with E-state index in [0.717, 1.165) is 59.0 Å². The molecule has 0 spiro atoms. The Morgan fingerprint density at radius 1 is 1.16 bits per heavy atom. The summed E-state index contributed by atoms with van der Waals surface area (Å²) in [4.78, 5) is 29.6. The van der Waals surface area contributed by atoms with E-state index in [-0.39, 0.29) is 11.8 Å². The van der Waals surface area contributed by atoms with Gasteiger partial charge in [0.25, 0.3) is 0 Å². The third-order valence-electron chi connectivity index (χ3n) is 5.49. The van der Waals surface area contributed by atoms with Crippen LogP contribution in [-0.4, -0.2) is 48.8 Å². The van der Waals surface area contributed by atoms with Crippen molar-refractivity contribution < 1.29 is 9.59 Å². The number of benzene rings is 2. The molecule has 0 bridgehead atoms. The Morgan fingerprint density at radius 3 is 2.65 bits per heavy atom. The number of aromatic nitrogens is 1. The molecular formula is C24H26N4O2S. The van der Waals surface area contributed by atoms with Gasteiger partial charge in [0.1, 0.15) is 6.29 Å². The summed E-state index contributed by atoms with van der Waals surface area (Å²) in [6.45, 7) is 2.72. The van der Waals surface area contributed by atoms with Crippen molar-refractivity contribution in [3.8, 4) is 22.4 Å². The zero-order valence-electron chi connectivity index (χ0n) is 17.5. The molecule has 0 saturated carbocycles. The molecule has 2 aromatic carbocycles. The number of carbonyl (C=O) groups excluding carboxylic acids is 2. The highest BCUT2D eigenvalue weighted by molar-refractivity contribution is 7.14. The van der Waals surface area contributed by atoms with Crippen molar-refractivity contribution in [1.82, 2.24) is 15.2 Å². The number of nitrogens with zero attached hydrogens (tertiary/aromatic N) is 2. The first-order valence-corrected chi connectivity index (χ1v) is 11.3. The SMILES string of the molecule is CNc1nc(-c2cccc(-c3cccc(CNC(=O)C4CN(CCC=O)C4)c3)c2)cs1. The van der Waals surface area contributed by atoms with Gasteiger partial charge in [-0.05, 0) is 28.8 Å². The molecule has 2 heterocycles. The molecule has 2 N–H and O–H groups in total. The third-order valence-corrected chi connectivity index (χ3v) is 6.35. The second-order valence-electron chi connectivity index (χ2n) is 7.70. The van der Waals surface area contributed by atoms with Crippen molar-refractivity contribution in [1.29, 1.82) is 0 Å². The summed E-state index contributed by atoms with van der Waals surface area (Å²) >= 11 is 1.59. The topological polar surface area (TPSA) is 74.3 Å². The molecule has 1 amide bonds. The maximum absolute atomic E-state index is 12.4. The van der Waals surface area contributed by atoms with Gasteiger partial charge >= 0.3 is 0 Å². The van der Waals surface area contributed by atoms with Crippen LogP contribution in [0.15, 0.2) is 53.9 Å². The molecule has 0 aliphatic carbocycles. The van der Waals surface area contributed by atoms with Crippen LogP contribution in [0.1, 0.15) is 12.0 Å². The number of amides is 1. The van der Waals surface area contributed by atoms with E-state index in [2.05, 4.69) is 56.2 Å². The number of thiazole rings is 1. The van der Waals surface area contributed by atoms with Crippen LogP contribution in [-0.2, 0) is 16.1 Å². The van der Waals surface area contributed by atoms with E-state index in [9.17, 15) is 9.59 Å². The fourth-order valence-electron chi connectivity index (χ4n) is 3.73. The van der Waals surface area contributed by atoms with Gasteiger partial charge in [0.15, 0.2) is 5.13 Å². The number of rotatable bonds is 9. The summed E-state index contributed by atoms with van der Waals surface area (Å²) in [5.74, 6) is 0.103. The van der Waals surface area contributed by atoms with E-state index in [1.165, 1.54) is 0 Å². The molecule has 0 radical (unpaired) electrons. The van der Waals surface area contributed by atoms with E-state index >= 15 is 0 Å². The van der Waals surface area contributed by atoms with Crippen LogP contribution in [0.25, 0.3) is 22.4 Å². The number of hydrogen-bond donors (Lipinski definition) is 2. The average molecular weight is 435 g/mol. The summed E-state index contributed by atoms with van der Waals surface area (Å²) in [7, 11) is 1.87. The van der Waals surface area contributed by atoms with Crippen LogP contribution in [0.3, 0.4) is 0 Å². The molecule has 0 unspecified atom stereocenters.